The Labute approximate surface area is 339 Å². The Morgan fingerprint density at radius 3 is 2.40 bits per heavy atom. The highest BCUT2D eigenvalue weighted by atomic mass is 32.2. The fraction of sp³-hybridized carbons (Fsp3) is 0.478. The van der Waals surface area contributed by atoms with Crippen LogP contribution in [0.5, 0.6) is 17.2 Å². The minimum absolute atomic E-state index is 0.00877. The van der Waals surface area contributed by atoms with Crippen LogP contribution in [0.1, 0.15) is 74.8 Å². The lowest BCUT2D eigenvalue weighted by molar-refractivity contribution is -0.258. The van der Waals surface area contributed by atoms with Crippen LogP contribution >= 0.6 is 11.8 Å². The van der Waals surface area contributed by atoms with Gasteiger partial charge in [0.2, 0.25) is 11.7 Å². The van der Waals surface area contributed by atoms with E-state index in [9.17, 15) is 19.4 Å². The average molecular weight is 799 g/mol. The summed E-state index contributed by atoms with van der Waals surface area (Å²) in [5.74, 6) is -0.164. The van der Waals surface area contributed by atoms with E-state index in [4.69, 9.17) is 19.0 Å². The zero-order valence-electron chi connectivity index (χ0n) is 33.0. The predicted molar refractivity (Wildman–Crippen MR) is 220 cm³/mol. The van der Waals surface area contributed by atoms with Crippen LogP contribution < -0.4 is 9.47 Å². The van der Waals surface area contributed by atoms with Gasteiger partial charge in [0.15, 0.2) is 0 Å². The van der Waals surface area contributed by atoms with Crippen LogP contribution in [0, 0.1) is 29.5 Å². The molecule has 6 unspecified atom stereocenters. The predicted octanol–water partition coefficient (Wildman–Crippen LogP) is 9.04. The van der Waals surface area contributed by atoms with Gasteiger partial charge in [0, 0.05) is 48.5 Å². The van der Waals surface area contributed by atoms with Gasteiger partial charge in [0.25, 0.3) is 0 Å². The van der Waals surface area contributed by atoms with E-state index in [0.717, 1.165) is 71.6 Å². The summed E-state index contributed by atoms with van der Waals surface area (Å²) >= 11 is 1.67. The maximum absolute atomic E-state index is 14.6. The molecule has 3 aromatic rings. The molecule has 7 rings (SSSR count). The van der Waals surface area contributed by atoms with Crippen LogP contribution in [0.4, 0.5) is 4.39 Å². The number of thioether (sulfide) groups is 1. The zero-order valence-corrected chi connectivity index (χ0v) is 33.8. The van der Waals surface area contributed by atoms with Gasteiger partial charge < -0.3 is 34.2 Å². The number of aliphatic hydroxyl groups excluding tert-OH is 2. The van der Waals surface area contributed by atoms with Crippen LogP contribution in [0.2, 0.25) is 0 Å². The van der Waals surface area contributed by atoms with E-state index in [1.54, 1.807) is 37.1 Å². The molecule has 1 heterocycles. The van der Waals surface area contributed by atoms with Gasteiger partial charge in [0.05, 0.1) is 18.2 Å². The second kappa shape index (κ2) is 18.6. The van der Waals surface area contributed by atoms with Crippen LogP contribution in [0.25, 0.3) is 0 Å². The van der Waals surface area contributed by atoms with E-state index in [-0.39, 0.29) is 61.8 Å². The molecule has 0 aromatic heterocycles. The summed E-state index contributed by atoms with van der Waals surface area (Å²) in [6.45, 7) is 4.65. The Hall–Kier alpha value is -4.16. The van der Waals surface area contributed by atoms with Crippen molar-refractivity contribution in [1.29, 1.82) is 0 Å². The van der Waals surface area contributed by atoms with Crippen LogP contribution in [0.15, 0.2) is 101 Å². The lowest BCUT2D eigenvalue weighted by atomic mass is 9.55. The number of allylic oxidation sites excluding steroid dienone is 1. The number of fused-ring (bicyclic) bond motifs is 2. The average Bonchev–Trinajstić information content (AvgIpc) is 4.08. The highest BCUT2D eigenvalue weighted by molar-refractivity contribution is 7.98. The molecule has 304 valence electrons. The van der Waals surface area contributed by atoms with Crippen molar-refractivity contribution in [2.24, 2.45) is 28.8 Å². The lowest BCUT2D eigenvalue weighted by Crippen LogP contribution is -2.70. The summed E-state index contributed by atoms with van der Waals surface area (Å²) in [6.07, 6.45) is 12.7. The number of nitrogens with zero attached hydrogens (tertiary/aromatic N) is 2. The molecule has 4 aliphatic rings. The second-order valence-corrected chi connectivity index (χ2v) is 16.5. The molecule has 3 aliphatic carbocycles. The molecule has 3 aromatic carbocycles. The summed E-state index contributed by atoms with van der Waals surface area (Å²) in [4.78, 5) is 23.2. The fourth-order valence-electron chi connectivity index (χ4n) is 9.29. The molecule has 2 fully saturated rings. The van der Waals surface area contributed by atoms with Crippen molar-refractivity contribution in [3.8, 4) is 17.2 Å². The van der Waals surface area contributed by atoms with Crippen molar-refractivity contribution < 1.29 is 38.4 Å². The molecule has 1 amide bonds. The van der Waals surface area contributed by atoms with Crippen molar-refractivity contribution in [2.45, 2.75) is 87.0 Å². The number of unbranched alkanes of at least 4 members (excludes halogenated alkanes) is 2. The molecule has 6 atom stereocenters. The fourth-order valence-corrected chi connectivity index (χ4v) is 9.70. The first kappa shape index (κ1) is 41.0. The third-order valence-corrected chi connectivity index (χ3v) is 12.7. The topological polar surface area (TPSA) is 110 Å². The standard InChI is InChI=1S/C46H55FN2O7S/c1-4-25-54-46-42(49(45(52)31-13-14-31)29-30-11-15-33(47)16-12-30)28-40(48-53-2)38-26-32(9-5-7-23-50)37(10-6-8-24-51)43(44(38)46)39-27-35(19-22-41(39)56-46)55-34-17-20-36(57-3)21-18-34/h4,11-12,15-22,26-27,31-32,37,42-44,50-51H,1,5-10,13-14,23-25,28-29H2,2-3H3. The first-order chi connectivity index (χ1) is 27.8. The largest absolute Gasteiger partial charge is 0.459 e. The van der Waals surface area contributed by atoms with Crippen molar-refractivity contribution in [2.75, 3.05) is 33.2 Å². The molecule has 9 nitrogen and oxygen atoms in total. The van der Waals surface area contributed by atoms with Gasteiger partial charge >= 0.3 is 0 Å². The van der Waals surface area contributed by atoms with Gasteiger partial charge in [-0.05, 0) is 122 Å². The molecule has 1 aliphatic heterocycles. The molecular weight excluding hydrogens is 744 g/mol. The molecule has 57 heavy (non-hydrogen) atoms. The van der Waals surface area contributed by atoms with E-state index in [0.29, 0.717) is 30.8 Å². The highest BCUT2D eigenvalue weighted by Crippen LogP contribution is 2.62. The van der Waals surface area contributed by atoms with Gasteiger partial charge in [-0.25, -0.2) is 4.39 Å². The molecule has 2 N–H and O–H groups in total. The molecule has 0 bridgehead atoms. The maximum atomic E-state index is 14.6. The number of halogens is 1. The minimum Gasteiger partial charge on any atom is -0.459 e. The number of hydrogen-bond donors (Lipinski definition) is 2. The highest BCUT2D eigenvalue weighted by Gasteiger charge is 2.66. The third kappa shape index (κ3) is 8.82. The Kier molecular flexibility index (Phi) is 13.4. The van der Waals surface area contributed by atoms with E-state index < -0.39 is 17.7 Å². The van der Waals surface area contributed by atoms with Gasteiger partial charge in [-0.3, -0.25) is 4.79 Å². The van der Waals surface area contributed by atoms with Crippen molar-refractivity contribution in [3.63, 3.8) is 0 Å². The van der Waals surface area contributed by atoms with Crippen LogP contribution in [-0.2, 0) is 20.9 Å². The molecular formula is C46H55FN2O7S. The van der Waals surface area contributed by atoms with Gasteiger partial charge in [-0.15, -0.1) is 18.3 Å². The number of hydrogen-bond acceptors (Lipinski definition) is 9. The summed E-state index contributed by atoms with van der Waals surface area (Å²) in [5.41, 5.74) is 3.49. The smallest absolute Gasteiger partial charge is 0.239 e. The van der Waals surface area contributed by atoms with E-state index in [1.807, 2.05) is 47.6 Å². The second-order valence-electron chi connectivity index (χ2n) is 15.6. The van der Waals surface area contributed by atoms with Gasteiger partial charge in [-0.2, -0.15) is 0 Å². The zero-order chi connectivity index (χ0) is 39.9. The lowest BCUT2D eigenvalue weighted by Gasteiger charge is -2.60. The first-order valence-corrected chi connectivity index (χ1v) is 21.5. The molecule has 0 saturated heterocycles. The Bertz CT molecular complexity index is 1920. The summed E-state index contributed by atoms with van der Waals surface area (Å²) in [5, 5.41) is 24.4. The first-order valence-electron chi connectivity index (χ1n) is 20.3. The Morgan fingerprint density at radius 2 is 1.74 bits per heavy atom. The molecule has 0 spiro atoms. The monoisotopic (exact) mass is 798 g/mol. The number of aliphatic hydroxyl groups is 2. The van der Waals surface area contributed by atoms with Gasteiger partial charge in [-0.1, -0.05) is 42.3 Å². The number of carbonyl (C=O) groups excluding carboxylic acids is 1. The summed E-state index contributed by atoms with van der Waals surface area (Å²) in [7, 11) is 1.54. The number of amides is 1. The van der Waals surface area contributed by atoms with Crippen molar-refractivity contribution in [3.05, 3.63) is 108 Å². The normalized spacial score (nSPS) is 25.5. The van der Waals surface area contributed by atoms with Crippen LogP contribution in [0.3, 0.4) is 0 Å². The molecule has 11 heteroatoms. The minimum atomic E-state index is -1.36. The Balaban J connectivity index is 1.42. The molecule has 2 saturated carbocycles. The van der Waals surface area contributed by atoms with Crippen LogP contribution in [-0.4, -0.2) is 71.7 Å². The molecule has 0 radical (unpaired) electrons. The summed E-state index contributed by atoms with van der Waals surface area (Å²) < 4.78 is 35.1. The third-order valence-electron chi connectivity index (χ3n) is 12.0. The van der Waals surface area contributed by atoms with Crippen molar-refractivity contribution >= 4 is 23.4 Å². The van der Waals surface area contributed by atoms with E-state index in [1.165, 1.54) is 12.1 Å². The Morgan fingerprint density at radius 1 is 1.02 bits per heavy atom. The number of ether oxygens (including phenoxy) is 3. The maximum Gasteiger partial charge on any atom is 0.239 e. The van der Waals surface area contributed by atoms with Crippen molar-refractivity contribution in [1.82, 2.24) is 4.90 Å². The van der Waals surface area contributed by atoms with E-state index in [2.05, 4.69) is 23.9 Å². The van der Waals surface area contributed by atoms with Gasteiger partial charge in [0.1, 0.15) is 36.2 Å². The number of oxime groups is 1. The SMILES string of the molecule is C=CCOC12Oc3ccc(Oc4ccc(SC)cc4)cc3C3C(CCCCO)C(CCCCO)C=C(C(=NOC)CC1N(Cc1ccc(F)cc1)C(=O)C1CC1)C32. The number of rotatable bonds is 19. The quantitative estimate of drug-likeness (QED) is 0.0536. The van der Waals surface area contributed by atoms with E-state index >= 15 is 0 Å². The number of carbonyl (C=O) groups is 1. The summed E-state index contributed by atoms with van der Waals surface area (Å²) in [6, 6.07) is 19.7. The number of benzene rings is 3.